The van der Waals surface area contributed by atoms with Gasteiger partial charge in [0.2, 0.25) is 5.91 Å². The van der Waals surface area contributed by atoms with E-state index in [0.29, 0.717) is 11.5 Å². The van der Waals surface area contributed by atoms with Gasteiger partial charge in [-0.25, -0.2) is 4.98 Å². The lowest BCUT2D eigenvalue weighted by atomic mass is 9.89. The zero-order chi connectivity index (χ0) is 14.0. The molecule has 0 aromatic carbocycles. The van der Waals surface area contributed by atoms with Crippen molar-refractivity contribution >= 4 is 28.9 Å². The minimum Gasteiger partial charge on any atom is -0.389 e. The molecule has 1 aromatic rings. The van der Waals surface area contributed by atoms with Crippen molar-refractivity contribution in [3.63, 3.8) is 0 Å². The lowest BCUT2D eigenvalue weighted by Crippen LogP contribution is -2.39. The molecule has 2 rings (SSSR count). The first kappa shape index (κ1) is 13.7. The average Bonchev–Trinajstić information content (AvgIpc) is 2.82. The Bertz CT molecular complexity index is 502. The van der Waals surface area contributed by atoms with Crippen LogP contribution in [0.5, 0.6) is 0 Å². The van der Waals surface area contributed by atoms with E-state index in [1.54, 1.807) is 13.2 Å². The SMILES string of the molecule is CNC(=O)C1(C)CCN(c2ccc(C(N)=S)cn2)C1. The van der Waals surface area contributed by atoms with Crippen LogP contribution in [0.25, 0.3) is 0 Å². The first-order valence-electron chi connectivity index (χ1n) is 6.19. The van der Waals surface area contributed by atoms with Gasteiger partial charge in [-0.1, -0.05) is 12.2 Å². The van der Waals surface area contributed by atoms with Crippen molar-refractivity contribution in [1.82, 2.24) is 10.3 Å². The van der Waals surface area contributed by atoms with Crippen LogP contribution in [0.15, 0.2) is 18.3 Å². The quantitative estimate of drug-likeness (QED) is 0.796. The van der Waals surface area contributed by atoms with Gasteiger partial charge < -0.3 is 16.0 Å². The number of carbonyl (C=O) groups excluding carboxylic acids is 1. The van der Waals surface area contributed by atoms with E-state index in [0.717, 1.165) is 24.3 Å². The van der Waals surface area contributed by atoms with Crippen LogP contribution >= 0.6 is 12.2 Å². The smallest absolute Gasteiger partial charge is 0.227 e. The van der Waals surface area contributed by atoms with Crippen LogP contribution in [0.3, 0.4) is 0 Å². The normalized spacial score (nSPS) is 22.3. The van der Waals surface area contributed by atoms with Crippen LogP contribution in [0.4, 0.5) is 5.82 Å². The zero-order valence-corrected chi connectivity index (χ0v) is 12.0. The molecular weight excluding hydrogens is 260 g/mol. The fourth-order valence-electron chi connectivity index (χ4n) is 2.36. The Hall–Kier alpha value is -1.69. The van der Waals surface area contributed by atoms with E-state index >= 15 is 0 Å². The molecule has 1 aromatic heterocycles. The Morgan fingerprint density at radius 2 is 2.32 bits per heavy atom. The number of carbonyl (C=O) groups is 1. The van der Waals surface area contributed by atoms with E-state index in [9.17, 15) is 4.79 Å². The molecule has 1 atom stereocenters. The highest BCUT2D eigenvalue weighted by Crippen LogP contribution is 2.32. The first-order valence-corrected chi connectivity index (χ1v) is 6.60. The average molecular weight is 278 g/mol. The van der Waals surface area contributed by atoms with Crippen molar-refractivity contribution in [2.75, 3.05) is 25.0 Å². The molecule has 0 saturated carbocycles. The van der Waals surface area contributed by atoms with E-state index in [4.69, 9.17) is 18.0 Å². The molecule has 3 N–H and O–H groups in total. The number of thiocarbonyl (C=S) groups is 1. The van der Waals surface area contributed by atoms with E-state index in [-0.39, 0.29) is 11.3 Å². The second kappa shape index (κ2) is 5.13. The van der Waals surface area contributed by atoms with Gasteiger partial charge in [-0.05, 0) is 25.5 Å². The van der Waals surface area contributed by atoms with Gasteiger partial charge in [0, 0.05) is 31.9 Å². The minimum absolute atomic E-state index is 0.0785. The highest BCUT2D eigenvalue weighted by molar-refractivity contribution is 7.80. The van der Waals surface area contributed by atoms with Gasteiger partial charge in [0.05, 0.1) is 5.41 Å². The van der Waals surface area contributed by atoms with E-state index < -0.39 is 0 Å². The molecular formula is C13H18N4OS. The summed E-state index contributed by atoms with van der Waals surface area (Å²) in [5.74, 6) is 0.933. The standard InChI is InChI=1S/C13H18N4OS/c1-13(12(18)15-2)5-6-17(8-13)10-4-3-9(7-16-10)11(14)19/h3-4,7H,5-6,8H2,1-2H3,(H2,14,19)(H,15,18). The molecule has 1 unspecified atom stereocenters. The highest BCUT2D eigenvalue weighted by atomic mass is 32.1. The largest absolute Gasteiger partial charge is 0.389 e. The summed E-state index contributed by atoms with van der Waals surface area (Å²) in [7, 11) is 1.67. The second-order valence-electron chi connectivity index (χ2n) is 5.08. The van der Waals surface area contributed by atoms with Crippen molar-refractivity contribution in [2.24, 2.45) is 11.1 Å². The first-order chi connectivity index (χ1) is 8.96. The molecule has 102 valence electrons. The van der Waals surface area contributed by atoms with Gasteiger partial charge in [-0.3, -0.25) is 4.79 Å². The van der Waals surface area contributed by atoms with Gasteiger partial charge in [0.15, 0.2) is 0 Å². The van der Waals surface area contributed by atoms with E-state index in [2.05, 4.69) is 15.2 Å². The highest BCUT2D eigenvalue weighted by Gasteiger charge is 2.40. The van der Waals surface area contributed by atoms with E-state index in [1.165, 1.54) is 0 Å². The van der Waals surface area contributed by atoms with Gasteiger partial charge in [-0.2, -0.15) is 0 Å². The van der Waals surface area contributed by atoms with E-state index in [1.807, 2.05) is 19.1 Å². The fraction of sp³-hybridized carbons (Fsp3) is 0.462. The summed E-state index contributed by atoms with van der Waals surface area (Å²) in [6, 6.07) is 3.75. The van der Waals surface area contributed by atoms with Gasteiger partial charge >= 0.3 is 0 Å². The third-order valence-corrected chi connectivity index (χ3v) is 3.84. The number of aromatic nitrogens is 1. The Labute approximate surface area is 118 Å². The molecule has 0 spiro atoms. The summed E-state index contributed by atoms with van der Waals surface area (Å²) >= 11 is 4.90. The maximum Gasteiger partial charge on any atom is 0.227 e. The number of nitrogens with two attached hydrogens (primary N) is 1. The molecule has 19 heavy (non-hydrogen) atoms. The van der Waals surface area contributed by atoms with Crippen LogP contribution < -0.4 is 16.0 Å². The molecule has 1 aliphatic heterocycles. The van der Waals surface area contributed by atoms with Crippen LogP contribution in [-0.2, 0) is 4.79 Å². The lowest BCUT2D eigenvalue weighted by Gasteiger charge is -2.23. The molecule has 1 saturated heterocycles. The predicted molar refractivity (Wildman–Crippen MR) is 79.1 cm³/mol. The third-order valence-electron chi connectivity index (χ3n) is 3.60. The molecule has 5 nitrogen and oxygen atoms in total. The second-order valence-corrected chi connectivity index (χ2v) is 5.52. The summed E-state index contributed by atoms with van der Waals surface area (Å²) in [4.78, 5) is 18.7. The Balaban J connectivity index is 2.12. The topological polar surface area (TPSA) is 71.2 Å². The monoisotopic (exact) mass is 278 g/mol. The molecule has 1 aliphatic rings. The molecule has 0 bridgehead atoms. The molecule has 0 radical (unpaired) electrons. The third kappa shape index (κ3) is 2.68. The Morgan fingerprint density at radius 3 is 2.84 bits per heavy atom. The summed E-state index contributed by atoms with van der Waals surface area (Å²) in [5, 5.41) is 2.72. The van der Waals surface area contributed by atoms with Gasteiger partial charge in [0.1, 0.15) is 10.8 Å². The molecule has 0 aliphatic carbocycles. The number of anilines is 1. The summed E-state index contributed by atoms with van der Waals surface area (Å²) in [6.07, 6.45) is 2.50. The molecule has 6 heteroatoms. The number of nitrogens with zero attached hydrogens (tertiary/aromatic N) is 2. The summed E-state index contributed by atoms with van der Waals surface area (Å²) < 4.78 is 0. The number of nitrogens with one attached hydrogen (secondary N) is 1. The van der Waals surface area contributed by atoms with Crippen molar-refractivity contribution in [2.45, 2.75) is 13.3 Å². The number of hydrogen-bond donors (Lipinski definition) is 2. The lowest BCUT2D eigenvalue weighted by molar-refractivity contribution is -0.128. The van der Waals surface area contributed by atoms with Crippen LogP contribution in [0.2, 0.25) is 0 Å². The number of pyridine rings is 1. The minimum atomic E-state index is -0.349. The van der Waals surface area contributed by atoms with Crippen molar-refractivity contribution in [3.05, 3.63) is 23.9 Å². The number of amides is 1. The Morgan fingerprint density at radius 1 is 1.58 bits per heavy atom. The predicted octanol–water partition coefficient (Wildman–Crippen LogP) is 0.678. The van der Waals surface area contributed by atoms with Crippen molar-refractivity contribution in [3.8, 4) is 0 Å². The maximum atomic E-state index is 11.9. The molecule has 2 heterocycles. The summed E-state index contributed by atoms with van der Waals surface area (Å²) in [6.45, 7) is 3.48. The van der Waals surface area contributed by atoms with Crippen molar-refractivity contribution in [1.29, 1.82) is 0 Å². The van der Waals surface area contributed by atoms with Crippen LogP contribution in [-0.4, -0.2) is 36.0 Å². The number of hydrogen-bond acceptors (Lipinski definition) is 4. The number of rotatable bonds is 3. The molecule has 1 amide bonds. The summed E-state index contributed by atoms with van der Waals surface area (Å²) in [5.41, 5.74) is 5.95. The zero-order valence-electron chi connectivity index (χ0n) is 11.1. The van der Waals surface area contributed by atoms with Crippen LogP contribution in [0, 0.1) is 5.41 Å². The van der Waals surface area contributed by atoms with Crippen LogP contribution in [0.1, 0.15) is 18.9 Å². The van der Waals surface area contributed by atoms with Crippen molar-refractivity contribution < 1.29 is 4.79 Å². The van der Waals surface area contributed by atoms with Gasteiger partial charge in [0.25, 0.3) is 0 Å². The fourth-order valence-corrected chi connectivity index (χ4v) is 2.48. The Kier molecular flexibility index (Phi) is 3.71. The van der Waals surface area contributed by atoms with Gasteiger partial charge in [-0.15, -0.1) is 0 Å². The molecule has 1 fully saturated rings. The maximum absolute atomic E-state index is 11.9.